The zero-order chi connectivity index (χ0) is 13.1. The first-order valence-electron chi connectivity index (χ1n) is 6.25. The first-order valence-corrected chi connectivity index (χ1v) is 6.25. The summed E-state index contributed by atoms with van der Waals surface area (Å²) in [6.45, 7) is 10.8. The van der Waals surface area contributed by atoms with Crippen LogP contribution in [0.2, 0.25) is 0 Å². The molecule has 0 aliphatic heterocycles. The summed E-state index contributed by atoms with van der Waals surface area (Å²) in [5.41, 5.74) is -0.325. The minimum atomic E-state index is -0.325. The van der Waals surface area contributed by atoms with Gasteiger partial charge in [-0.2, -0.15) is 0 Å². The van der Waals surface area contributed by atoms with Crippen LogP contribution in [-0.2, 0) is 19.0 Å². The van der Waals surface area contributed by atoms with Gasteiger partial charge in [-0.1, -0.05) is 27.7 Å². The summed E-state index contributed by atoms with van der Waals surface area (Å²) in [7, 11) is 0. The van der Waals surface area contributed by atoms with E-state index in [2.05, 4.69) is 6.92 Å². The Hall–Kier alpha value is -0.450. The second-order valence-electron chi connectivity index (χ2n) is 4.95. The van der Waals surface area contributed by atoms with Gasteiger partial charge in [0.05, 0.1) is 26.4 Å². The molecule has 0 aromatic heterocycles. The molecule has 0 saturated carbocycles. The van der Waals surface area contributed by atoms with Gasteiger partial charge in [0.2, 0.25) is 0 Å². The summed E-state index contributed by atoms with van der Waals surface area (Å²) < 4.78 is 15.8. The molecule has 0 fully saturated rings. The molecule has 102 valence electrons. The first-order chi connectivity index (χ1) is 7.98. The molecule has 0 heterocycles. The van der Waals surface area contributed by atoms with Crippen molar-refractivity contribution in [1.29, 1.82) is 0 Å². The van der Waals surface area contributed by atoms with Gasteiger partial charge >= 0.3 is 0 Å². The molecule has 0 atom stereocenters. The Morgan fingerprint density at radius 3 is 1.82 bits per heavy atom. The normalized spacial score (nSPS) is 11.8. The van der Waals surface area contributed by atoms with E-state index < -0.39 is 0 Å². The lowest BCUT2D eigenvalue weighted by Gasteiger charge is -2.16. The van der Waals surface area contributed by atoms with Crippen molar-refractivity contribution in [3.63, 3.8) is 0 Å². The topological polar surface area (TPSA) is 44.8 Å². The highest BCUT2D eigenvalue weighted by atomic mass is 16.5. The van der Waals surface area contributed by atoms with E-state index >= 15 is 0 Å². The Bertz CT molecular complexity index is 196. The van der Waals surface area contributed by atoms with Gasteiger partial charge in [0.15, 0.2) is 5.78 Å². The molecule has 0 aromatic rings. The summed E-state index contributed by atoms with van der Waals surface area (Å²) in [4.78, 5) is 11.5. The van der Waals surface area contributed by atoms with E-state index in [-0.39, 0.29) is 17.8 Å². The molecule has 0 amide bonds. The highest BCUT2D eigenvalue weighted by molar-refractivity contribution is 5.84. The summed E-state index contributed by atoms with van der Waals surface area (Å²) in [5, 5.41) is 0. The van der Waals surface area contributed by atoms with Crippen LogP contribution < -0.4 is 0 Å². The van der Waals surface area contributed by atoms with Crippen molar-refractivity contribution >= 4 is 5.78 Å². The molecule has 0 rings (SSSR count). The predicted molar refractivity (Wildman–Crippen MR) is 67.2 cm³/mol. The van der Waals surface area contributed by atoms with E-state index in [1.165, 1.54) is 0 Å². The van der Waals surface area contributed by atoms with E-state index in [1.54, 1.807) is 0 Å². The second kappa shape index (κ2) is 9.57. The average Bonchev–Trinajstić information content (AvgIpc) is 2.25. The van der Waals surface area contributed by atoms with Crippen molar-refractivity contribution < 1.29 is 19.0 Å². The van der Waals surface area contributed by atoms with E-state index in [9.17, 15) is 4.79 Å². The van der Waals surface area contributed by atoms with Crippen LogP contribution >= 0.6 is 0 Å². The highest BCUT2D eigenvalue weighted by Gasteiger charge is 2.20. The SMILES string of the molecule is CCCOCCOCCOCC(=O)C(C)(C)C. The van der Waals surface area contributed by atoms with Crippen molar-refractivity contribution in [3.05, 3.63) is 0 Å². The number of hydrogen-bond donors (Lipinski definition) is 0. The first kappa shape index (κ1) is 16.6. The van der Waals surface area contributed by atoms with Crippen LogP contribution in [0.3, 0.4) is 0 Å². The zero-order valence-electron chi connectivity index (χ0n) is 11.6. The molecule has 4 heteroatoms. The van der Waals surface area contributed by atoms with Crippen LogP contribution in [0, 0.1) is 5.41 Å². The molecule has 0 bridgehead atoms. The Labute approximate surface area is 105 Å². The molecular weight excluding hydrogens is 220 g/mol. The molecule has 4 nitrogen and oxygen atoms in total. The van der Waals surface area contributed by atoms with E-state index in [1.807, 2.05) is 20.8 Å². The molecule has 0 unspecified atom stereocenters. The number of ketones is 1. The summed E-state index contributed by atoms with van der Waals surface area (Å²) >= 11 is 0. The van der Waals surface area contributed by atoms with Crippen molar-refractivity contribution in [1.82, 2.24) is 0 Å². The molecule has 0 aromatic carbocycles. The van der Waals surface area contributed by atoms with Crippen molar-refractivity contribution in [2.45, 2.75) is 34.1 Å². The smallest absolute Gasteiger partial charge is 0.163 e. The number of rotatable bonds is 10. The number of carbonyl (C=O) groups excluding carboxylic acids is 1. The third-order valence-corrected chi connectivity index (χ3v) is 2.16. The van der Waals surface area contributed by atoms with Crippen LogP contribution in [0.25, 0.3) is 0 Å². The molecule has 0 aliphatic carbocycles. The lowest BCUT2D eigenvalue weighted by atomic mass is 9.91. The van der Waals surface area contributed by atoms with Crippen molar-refractivity contribution in [2.24, 2.45) is 5.41 Å². The fraction of sp³-hybridized carbons (Fsp3) is 0.923. The minimum Gasteiger partial charge on any atom is -0.379 e. The average molecular weight is 246 g/mol. The zero-order valence-corrected chi connectivity index (χ0v) is 11.6. The third kappa shape index (κ3) is 10.4. The minimum absolute atomic E-state index is 0.115. The van der Waals surface area contributed by atoms with E-state index in [0.29, 0.717) is 26.4 Å². The maximum Gasteiger partial charge on any atom is 0.163 e. The Kier molecular flexibility index (Phi) is 9.31. The van der Waals surface area contributed by atoms with Gasteiger partial charge < -0.3 is 14.2 Å². The van der Waals surface area contributed by atoms with Crippen molar-refractivity contribution in [2.75, 3.05) is 39.6 Å². The van der Waals surface area contributed by atoms with E-state index in [4.69, 9.17) is 14.2 Å². The van der Waals surface area contributed by atoms with Crippen LogP contribution in [-0.4, -0.2) is 45.4 Å². The Morgan fingerprint density at radius 2 is 1.35 bits per heavy atom. The van der Waals surface area contributed by atoms with Gasteiger partial charge in [0.25, 0.3) is 0 Å². The van der Waals surface area contributed by atoms with Crippen LogP contribution in [0.1, 0.15) is 34.1 Å². The maximum atomic E-state index is 11.5. The molecule has 0 spiro atoms. The number of carbonyl (C=O) groups is 1. The van der Waals surface area contributed by atoms with Gasteiger partial charge in [-0.3, -0.25) is 4.79 Å². The fourth-order valence-electron chi connectivity index (χ4n) is 0.966. The maximum absolute atomic E-state index is 11.5. The molecule has 0 radical (unpaired) electrons. The number of hydrogen-bond acceptors (Lipinski definition) is 4. The Balaban J connectivity index is 3.22. The number of ether oxygens (including phenoxy) is 3. The summed E-state index contributed by atoms with van der Waals surface area (Å²) in [5.74, 6) is 0.115. The van der Waals surface area contributed by atoms with Crippen molar-refractivity contribution in [3.8, 4) is 0 Å². The van der Waals surface area contributed by atoms with Crippen LogP contribution in [0.15, 0.2) is 0 Å². The second-order valence-corrected chi connectivity index (χ2v) is 4.95. The van der Waals surface area contributed by atoms with Gasteiger partial charge in [-0.05, 0) is 6.42 Å². The standard InChI is InChI=1S/C13H26O4/c1-5-6-15-7-8-16-9-10-17-11-12(14)13(2,3)4/h5-11H2,1-4H3. The molecule has 17 heavy (non-hydrogen) atoms. The molecule has 0 N–H and O–H groups in total. The summed E-state index contributed by atoms with van der Waals surface area (Å²) in [6.07, 6.45) is 1.03. The van der Waals surface area contributed by atoms with Gasteiger partial charge in [-0.25, -0.2) is 0 Å². The largest absolute Gasteiger partial charge is 0.379 e. The molecular formula is C13H26O4. The van der Waals surface area contributed by atoms with Crippen LogP contribution in [0.4, 0.5) is 0 Å². The predicted octanol–water partition coefficient (Wildman–Crippen LogP) is 2.06. The summed E-state index contributed by atoms with van der Waals surface area (Å²) in [6, 6.07) is 0. The monoisotopic (exact) mass is 246 g/mol. The quantitative estimate of drug-likeness (QED) is 0.553. The van der Waals surface area contributed by atoms with Gasteiger partial charge in [0.1, 0.15) is 6.61 Å². The van der Waals surface area contributed by atoms with Gasteiger partial charge in [-0.15, -0.1) is 0 Å². The molecule has 0 aliphatic rings. The van der Waals surface area contributed by atoms with Gasteiger partial charge in [0, 0.05) is 12.0 Å². The lowest BCUT2D eigenvalue weighted by molar-refractivity contribution is -0.131. The Morgan fingerprint density at radius 1 is 0.882 bits per heavy atom. The lowest BCUT2D eigenvalue weighted by Crippen LogP contribution is -2.25. The van der Waals surface area contributed by atoms with Crippen LogP contribution in [0.5, 0.6) is 0 Å². The number of Topliss-reactive ketones (excluding diaryl/α,β-unsaturated/α-hetero) is 1. The van der Waals surface area contributed by atoms with E-state index in [0.717, 1.165) is 13.0 Å². The fourth-order valence-corrected chi connectivity index (χ4v) is 0.966. The third-order valence-electron chi connectivity index (χ3n) is 2.16. The molecule has 0 saturated heterocycles. The highest BCUT2D eigenvalue weighted by Crippen LogP contribution is 2.14.